The van der Waals surface area contributed by atoms with E-state index < -0.39 is 0 Å². The van der Waals surface area contributed by atoms with E-state index in [1.807, 2.05) is 52.0 Å². The van der Waals surface area contributed by atoms with Crippen LogP contribution in [0.3, 0.4) is 0 Å². The fourth-order valence-electron chi connectivity index (χ4n) is 2.01. The molecule has 0 saturated heterocycles. The number of carbonyl (C=O) groups excluding carboxylic acids is 1. The lowest BCUT2D eigenvalue weighted by molar-refractivity contribution is -0.122. The lowest BCUT2D eigenvalue weighted by Gasteiger charge is -2.24. The third-order valence-electron chi connectivity index (χ3n) is 3.64. The molecule has 0 bridgehead atoms. The molecule has 0 aliphatic carbocycles. The summed E-state index contributed by atoms with van der Waals surface area (Å²) in [7, 11) is 1.69. The molecule has 8 heteroatoms. The zero-order chi connectivity index (χ0) is 19.4. The molecule has 0 heterocycles. The first-order chi connectivity index (χ1) is 12.4. The molecule has 0 fully saturated rings. The van der Waals surface area contributed by atoms with Crippen LogP contribution in [0.4, 0.5) is 0 Å². The average Bonchev–Trinajstić information content (AvgIpc) is 2.63. The number of nitrogens with zero attached hydrogens (tertiary/aromatic N) is 1. The number of benzene rings is 1. The molecule has 0 aliphatic rings. The van der Waals surface area contributed by atoms with E-state index >= 15 is 0 Å². The molecule has 0 radical (unpaired) electrons. The van der Waals surface area contributed by atoms with Crippen LogP contribution < -0.4 is 20.7 Å². The topological polar surface area (TPSA) is 84.0 Å². The van der Waals surface area contributed by atoms with Crippen LogP contribution in [0.5, 0.6) is 5.75 Å². The van der Waals surface area contributed by atoms with E-state index in [2.05, 4.69) is 20.9 Å². The van der Waals surface area contributed by atoms with Gasteiger partial charge in [-0.1, -0.05) is 12.1 Å². The minimum absolute atomic E-state index is 0. The largest absolute Gasteiger partial charge is 0.484 e. The summed E-state index contributed by atoms with van der Waals surface area (Å²) in [5.74, 6) is 1.25. The van der Waals surface area contributed by atoms with Gasteiger partial charge in [0.05, 0.1) is 12.1 Å². The maximum atomic E-state index is 11.5. The standard InChI is InChI=1S/C19H32N4O3.HI/c1-6-20-17(24)13-26-16-10-8-9-15(11-16)12-22-18(21-7-2)23-14-19(3,4)25-5;/h8-11H,6-7,12-14H2,1-5H3,(H,20,24)(H2,21,22,23);1H. The highest BCUT2D eigenvalue weighted by molar-refractivity contribution is 14.0. The predicted molar refractivity (Wildman–Crippen MR) is 120 cm³/mol. The highest BCUT2D eigenvalue weighted by Gasteiger charge is 2.16. The SMILES string of the molecule is CCNC(=O)COc1cccc(CN=C(NCC)NCC(C)(C)OC)c1.I. The van der Waals surface area contributed by atoms with Gasteiger partial charge < -0.3 is 25.4 Å². The first kappa shape index (κ1) is 25.4. The molecule has 3 N–H and O–H groups in total. The summed E-state index contributed by atoms with van der Waals surface area (Å²) in [5, 5.41) is 9.20. The molecular weight excluding hydrogens is 459 g/mol. The maximum Gasteiger partial charge on any atom is 0.257 e. The van der Waals surface area contributed by atoms with Crippen LogP contribution in [0.25, 0.3) is 0 Å². The van der Waals surface area contributed by atoms with Crippen molar-refractivity contribution in [1.82, 2.24) is 16.0 Å². The zero-order valence-corrected chi connectivity index (χ0v) is 19.3. The molecule has 0 saturated carbocycles. The molecule has 154 valence electrons. The Kier molecular flexibility index (Phi) is 12.8. The number of halogens is 1. The van der Waals surface area contributed by atoms with Gasteiger partial charge in [0.15, 0.2) is 12.6 Å². The molecule has 1 rings (SSSR count). The van der Waals surface area contributed by atoms with Crippen LogP contribution in [0, 0.1) is 0 Å². The van der Waals surface area contributed by atoms with Gasteiger partial charge in [-0.05, 0) is 45.4 Å². The lowest BCUT2D eigenvalue weighted by atomic mass is 10.1. The van der Waals surface area contributed by atoms with E-state index in [9.17, 15) is 4.79 Å². The van der Waals surface area contributed by atoms with Gasteiger partial charge >= 0.3 is 0 Å². The van der Waals surface area contributed by atoms with Crippen molar-refractivity contribution in [3.63, 3.8) is 0 Å². The number of methoxy groups -OCH3 is 1. The number of guanidine groups is 1. The van der Waals surface area contributed by atoms with Crippen molar-refractivity contribution >= 4 is 35.8 Å². The smallest absolute Gasteiger partial charge is 0.257 e. The summed E-state index contributed by atoms with van der Waals surface area (Å²) in [5.41, 5.74) is 0.727. The number of ether oxygens (including phenoxy) is 2. The number of hydrogen-bond acceptors (Lipinski definition) is 4. The van der Waals surface area contributed by atoms with Gasteiger partial charge in [0.25, 0.3) is 5.91 Å². The maximum absolute atomic E-state index is 11.5. The van der Waals surface area contributed by atoms with E-state index in [1.165, 1.54) is 0 Å². The van der Waals surface area contributed by atoms with Gasteiger partial charge in [0, 0.05) is 26.7 Å². The molecule has 1 aromatic rings. The van der Waals surface area contributed by atoms with Crippen LogP contribution in [0.1, 0.15) is 33.3 Å². The van der Waals surface area contributed by atoms with E-state index in [0.29, 0.717) is 25.4 Å². The molecule has 1 aromatic carbocycles. The van der Waals surface area contributed by atoms with Gasteiger partial charge in [-0.2, -0.15) is 0 Å². The van der Waals surface area contributed by atoms with Crippen molar-refractivity contribution in [2.75, 3.05) is 33.4 Å². The second-order valence-corrected chi connectivity index (χ2v) is 6.40. The lowest BCUT2D eigenvalue weighted by Crippen LogP contribution is -2.45. The van der Waals surface area contributed by atoms with E-state index in [1.54, 1.807) is 7.11 Å². The minimum atomic E-state index is -0.275. The third kappa shape index (κ3) is 11.0. The highest BCUT2D eigenvalue weighted by Crippen LogP contribution is 2.14. The van der Waals surface area contributed by atoms with Crippen LogP contribution in [0.15, 0.2) is 29.3 Å². The molecule has 0 atom stereocenters. The summed E-state index contributed by atoms with van der Waals surface area (Å²) < 4.78 is 10.9. The van der Waals surface area contributed by atoms with Crippen molar-refractivity contribution in [1.29, 1.82) is 0 Å². The Morgan fingerprint density at radius 3 is 2.48 bits per heavy atom. The third-order valence-corrected chi connectivity index (χ3v) is 3.64. The number of aliphatic imine (C=N–C) groups is 1. The molecule has 0 unspecified atom stereocenters. The quantitative estimate of drug-likeness (QED) is 0.265. The number of likely N-dealkylation sites (N-methyl/N-ethyl adjacent to an activating group) is 1. The number of nitrogens with one attached hydrogen (secondary N) is 3. The Bertz CT molecular complexity index is 594. The molecular formula is C19H33IN4O3. The molecule has 0 spiro atoms. The van der Waals surface area contributed by atoms with Crippen LogP contribution in [0.2, 0.25) is 0 Å². The fraction of sp³-hybridized carbons (Fsp3) is 0.579. The highest BCUT2D eigenvalue weighted by atomic mass is 127. The van der Waals surface area contributed by atoms with Crippen molar-refractivity contribution in [2.45, 2.75) is 39.8 Å². The first-order valence-corrected chi connectivity index (χ1v) is 8.96. The average molecular weight is 492 g/mol. The second kappa shape index (κ2) is 13.6. The molecule has 0 aliphatic heterocycles. The normalized spacial score (nSPS) is 11.4. The van der Waals surface area contributed by atoms with Gasteiger partial charge in [-0.25, -0.2) is 4.99 Å². The Hall–Kier alpha value is -1.55. The van der Waals surface area contributed by atoms with Crippen LogP contribution in [-0.2, 0) is 16.1 Å². The second-order valence-electron chi connectivity index (χ2n) is 6.40. The Balaban J connectivity index is 0.00000676. The van der Waals surface area contributed by atoms with Gasteiger partial charge in [-0.15, -0.1) is 24.0 Å². The Morgan fingerprint density at radius 2 is 1.85 bits per heavy atom. The van der Waals surface area contributed by atoms with Crippen LogP contribution >= 0.6 is 24.0 Å². The monoisotopic (exact) mass is 492 g/mol. The minimum Gasteiger partial charge on any atom is -0.484 e. The van der Waals surface area contributed by atoms with E-state index in [-0.39, 0.29) is 42.1 Å². The van der Waals surface area contributed by atoms with Gasteiger partial charge in [-0.3, -0.25) is 4.79 Å². The van der Waals surface area contributed by atoms with Gasteiger partial charge in [0.1, 0.15) is 5.75 Å². The molecule has 0 aromatic heterocycles. The summed E-state index contributed by atoms with van der Waals surface area (Å²) in [4.78, 5) is 16.1. The first-order valence-electron chi connectivity index (χ1n) is 8.96. The Labute approximate surface area is 179 Å². The van der Waals surface area contributed by atoms with E-state index in [0.717, 1.165) is 18.1 Å². The van der Waals surface area contributed by atoms with Crippen molar-refractivity contribution < 1.29 is 14.3 Å². The zero-order valence-electron chi connectivity index (χ0n) is 16.9. The number of amides is 1. The van der Waals surface area contributed by atoms with Gasteiger partial charge in [0.2, 0.25) is 0 Å². The Morgan fingerprint density at radius 1 is 1.15 bits per heavy atom. The fourth-order valence-corrected chi connectivity index (χ4v) is 2.01. The molecule has 27 heavy (non-hydrogen) atoms. The van der Waals surface area contributed by atoms with Crippen molar-refractivity contribution in [2.24, 2.45) is 4.99 Å². The molecule has 7 nitrogen and oxygen atoms in total. The molecule has 1 amide bonds. The van der Waals surface area contributed by atoms with Crippen LogP contribution in [-0.4, -0.2) is 50.8 Å². The van der Waals surface area contributed by atoms with Crippen molar-refractivity contribution in [3.8, 4) is 5.75 Å². The summed E-state index contributed by atoms with van der Waals surface area (Å²) in [6.07, 6.45) is 0. The predicted octanol–water partition coefficient (Wildman–Crippen LogP) is 2.30. The van der Waals surface area contributed by atoms with Crippen molar-refractivity contribution in [3.05, 3.63) is 29.8 Å². The summed E-state index contributed by atoms with van der Waals surface area (Å²) in [6.45, 7) is 10.4. The van der Waals surface area contributed by atoms with E-state index in [4.69, 9.17) is 9.47 Å². The number of carbonyl (C=O) groups is 1. The summed E-state index contributed by atoms with van der Waals surface area (Å²) >= 11 is 0. The summed E-state index contributed by atoms with van der Waals surface area (Å²) in [6, 6.07) is 7.60. The number of rotatable bonds is 10. The number of hydrogen-bond donors (Lipinski definition) is 3.